The van der Waals surface area contributed by atoms with Crippen LogP contribution in [0, 0.1) is 62.3 Å². The molecule has 8 fully saturated rings. The normalized spacial score (nSPS) is 25.9. The van der Waals surface area contributed by atoms with Crippen LogP contribution in [0.25, 0.3) is 66.5 Å². The van der Waals surface area contributed by atoms with Crippen molar-refractivity contribution in [2.24, 2.45) is 0 Å². The first kappa shape index (κ1) is 94.0. The van der Waals surface area contributed by atoms with Gasteiger partial charge in [0.05, 0.1) is 94.3 Å². The largest absolute Gasteiger partial charge is 0.310 e. The molecule has 0 saturated heterocycles. The van der Waals surface area contributed by atoms with Crippen LogP contribution in [0.5, 0.6) is 0 Å². The topological polar surface area (TPSA) is 447 Å². The number of nitrogens with one attached hydrogen (secondary N) is 5. The number of halogens is 3. The highest BCUT2D eigenvalue weighted by Crippen LogP contribution is 2.55. The van der Waals surface area contributed by atoms with E-state index in [9.17, 15) is 37.1 Å². The third-order valence-corrected chi connectivity index (χ3v) is 35.6. The summed E-state index contributed by atoms with van der Waals surface area (Å²) in [5.74, 6) is 5.75. The number of H-pyrrole nitrogens is 5. The number of alkyl halides is 3. The SMILES string of the molecule is Cc1ccncc1-n1ncc2c(=O)[nH]c(C3CCC3c3nc(C)c(C)s3)nc21.Cc1ccncc1-n1ncc2c(=O)[nH]c([C@@H]3CC[C@H]3c3nc(C)c(C)s3)nc21.Cc1nnc([C@@H]2CC[C@@H]2c2nc3c(cnn3C3CCC(C)(F)CC3)c(=O)[nH]2)s1.Cc1nnc([C@H]2CC[C@@H]2c2nc3c(cnn3C3CCC(C)(F)CC3)c(=O)[nH]2)s1.Cc1nnc([C@H]2CC[C@H]2c2nc3c(cnn3C3CCC(C)(F)CC3)c(=O)[nH]2)s1. The first-order chi connectivity index (χ1) is 67.3. The van der Waals surface area contributed by atoms with Gasteiger partial charge >= 0.3 is 0 Å². The fraction of sp³-hybridized carbons (Fsp3) is 0.515. The Hall–Kier alpha value is -12.2. The fourth-order valence-corrected chi connectivity index (χ4v) is 25.7. The molecule has 25 rings (SSSR count). The predicted octanol–water partition coefficient (Wildman–Crippen LogP) is 18.4. The second kappa shape index (κ2) is 37.7. The number of hydrogen-bond acceptors (Lipinski definition) is 30. The van der Waals surface area contributed by atoms with Crippen LogP contribution in [0.15, 0.2) is 91.9 Å². The highest BCUT2D eigenvalue weighted by molar-refractivity contribution is 7.12. The molecular weight excluding hydrogens is 1880 g/mol. The second-order valence-electron chi connectivity index (χ2n) is 39.9. The van der Waals surface area contributed by atoms with Gasteiger partial charge in [-0.05, 0) is 248 Å². The molecule has 5 N–H and O–H groups in total. The van der Waals surface area contributed by atoms with Crippen molar-refractivity contribution in [1.29, 1.82) is 0 Å². The van der Waals surface area contributed by atoms with Crippen molar-refractivity contribution in [1.82, 2.24) is 149 Å². The van der Waals surface area contributed by atoms with E-state index in [-0.39, 0.29) is 93.3 Å². The van der Waals surface area contributed by atoms with Gasteiger partial charge in [0, 0.05) is 81.3 Å². The molecule has 8 aliphatic rings. The van der Waals surface area contributed by atoms with Gasteiger partial charge < -0.3 is 24.9 Å². The Morgan fingerprint density at radius 1 is 0.300 bits per heavy atom. The van der Waals surface area contributed by atoms with Gasteiger partial charge in [-0.15, -0.1) is 87.3 Å². The molecule has 0 aromatic carbocycles. The van der Waals surface area contributed by atoms with E-state index in [1.807, 2.05) is 74.6 Å². The van der Waals surface area contributed by atoms with Crippen LogP contribution in [-0.2, 0) is 0 Å². The van der Waals surface area contributed by atoms with Crippen molar-refractivity contribution in [3.8, 4) is 11.4 Å². The summed E-state index contributed by atoms with van der Waals surface area (Å²) in [5, 5.41) is 58.1. The number of nitrogens with zero attached hydrogens (tertiary/aromatic N) is 25. The Bertz CT molecular complexity index is 7200. The number of pyridine rings is 2. The minimum atomic E-state index is -1.10. The zero-order valence-corrected chi connectivity index (χ0v) is 83.9. The summed E-state index contributed by atoms with van der Waals surface area (Å²) < 4.78 is 51.5. The average molecular weight is 1990 g/mol. The van der Waals surface area contributed by atoms with Crippen LogP contribution in [-0.4, -0.2) is 166 Å². The van der Waals surface area contributed by atoms with E-state index in [0.29, 0.717) is 162 Å². The van der Waals surface area contributed by atoms with Crippen LogP contribution >= 0.6 is 56.7 Å². The molecule has 8 aliphatic carbocycles. The van der Waals surface area contributed by atoms with Crippen LogP contribution in [0.3, 0.4) is 0 Å². The summed E-state index contributed by atoms with van der Waals surface area (Å²) in [6.45, 7) is 23.1. The number of aromatic nitrogens is 30. The molecular formula is C97H109F3N30O5S5. The molecule has 728 valence electrons. The van der Waals surface area contributed by atoms with Gasteiger partial charge in [0.1, 0.15) is 103 Å². The van der Waals surface area contributed by atoms with E-state index in [4.69, 9.17) is 34.9 Å². The van der Waals surface area contributed by atoms with Gasteiger partial charge in [0.25, 0.3) is 27.8 Å². The van der Waals surface area contributed by atoms with Crippen molar-refractivity contribution in [3.05, 3.63) is 221 Å². The van der Waals surface area contributed by atoms with Crippen molar-refractivity contribution in [2.75, 3.05) is 0 Å². The van der Waals surface area contributed by atoms with Crippen LogP contribution < -0.4 is 27.8 Å². The summed E-state index contributed by atoms with van der Waals surface area (Å²) in [6, 6.07) is 4.11. The van der Waals surface area contributed by atoms with Gasteiger partial charge in [-0.1, -0.05) is 0 Å². The molecule has 17 heterocycles. The van der Waals surface area contributed by atoms with E-state index < -0.39 is 17.0 Å². The third-order valence-electron chi connectivity index (χ3n) is 30.3. The highest BCUT2D eigenvalue weighted by atomic mass is 32.1. The predicted molar refractivity (Wildman–Crippen MR) is 530 cm³/mol. The number of fused-ring (bicyclic) bond motifs is 5. The average Bonchev–Trinajstić information content (AvgIpc) is 1.48. The Balaban J connectivity index is 0.000000104. The molecule has 140 heavy (non-hydrogen) atoms. The molecule has 43 heteroatoms. The monoisotopic (exact) mass is 1990 g/mol. The van der Waals surface area contributed by atoms with Crippen molar-refractivity contribution in [2.45, 2.75) is 319 Å². The lowest BCUT2D eigenvalue weighted by Gasteiger charge is -2.34. The molecule has 0 aliphatic heterocycles. The van der Waals surface area contributed by atoms with Gasteiger partial charge in [-0.2, -0.15) is 25.5 Å². The molecule has 17 aromatic rings. The third kappa shape index (κ3) is 18.3. The quantitative estimate of drug-likeness (QED) is 0.0636. The minimum Gasteiger partial charge on any atom is -0.310 e. The second-order valence-corrected chi connectivity index (χ2v) is 46.0. The lowest BCUT2D eigenvalue weighted by molar-refractivity contribution is 0.103. The highest BCUT2D eigenvalue weighted by Gasteiger charge is 2.45. The summed E-state index contributed by atoms with van der Waals surface area (Å²) in [4.78, 5) is 123. The smallest absolute Gasteiger partial charge is 0.262 e. The van der Waals surface area contributed by atoms with E-state index >= 15 is 0 Å². The molecule has 0 bridgehead atoms. The van der Waals surface area contributed by atoms with Crippen molar-refractivity contribution in [3.63, 3.8) is 0 Å². The van der Waals surface area contributed by atoms with E-state index in [0.717, 1.165) is 150 Å². The fourth-order valence-electron chi connectivity index (χ4n) is 20.8. The van der Waals surface area contributed by atoms with E-state index in [1.165, 1.54) is 9.75 Å². The summed E-state index contributed by atoms with van der Waals surface area (Å²) in [7, 11) is 0. The molecule has 0 spiro atoms. The zero-order chi connectivity index (χ0) is 97.2. The number of rotatable bonds is 15. The van der Waals surface area contributed by atoms with Crippen LogP contribution in [0.2, 0.25) is 0 Å². The maximum atomic E-state index is 14.2. The van der Waals surface area contributed by atoms with Gasteiger partial charge in [-0.3, -0.25) is 33.9 Å². The maximum Gasteiger partial charge on any atom is 0.262 e. The standard InChI is InChI=1S/2C20H20N6OS.3C19H23FN6OS/c2*1-10-6-7-21-9-16(10)26-18-15(8-22-26)19(27)25-17(24-18)13-4-5-14(13)20-23-11(2)12(3)28-20;3*1-10-24-25-18(28-10)13-4-3-12(13)15-22-16-14(17(27)23-15)9-21-26(16)11-5-7-19(2,20)8-6-11/h2*6-9,13-14H,4-5H2,1-3H3,(H,24,25,27);3*9,11-13H,3-8H2,1-2H3,(H,22,23,27)/t13-,14-;;2*11?,12-,13+,19?;11?,12-,13-,19?/m1.100/s1. The van der Waals surface area contributed by atoms with E-state index in [1.54, 1.807) is 143 Å². The van der Waals surface area contributed by atoms with Crippen molar-refractivity contribution >= 4 is 112 Å². The first-order valence-corrected chi connectivity index (χ1v) is 52.4. The van der Waals surface area contributed by atoms with Crippen molar-refractivity contribution < 1.29 is 13.2 Å². The molecule has 10 atom stereocenters. The van der Waals surface area contributed by atoms with E-state index in [2.05, 4.69) is 105 Å². The molecule has 17 aromatic heterocycles. The Morgan fingerprint density at radius 3 is 0.786 bits per heavy atom. The molecule has 0 amide bonds. The lowest BCUT2D eigenvalue weighted by atomic mass is 9.73. The van der Waals surface area contributed by atoms with Gasteiger partial charge in [0.15, 0.2) is 28.2 Å². The number of thiazole rings is 2. The summed E-state index contributed by atoms with van der Waals surface area (Å²) in [6.07, 6.45) is 32.3. The zero-order valence-electron chi connectivity index (χ0n) is 79.8. The Kier molecular flexibility index (Phi) is 25.3. The lowest BCUT2D eigenvalue weighted by Crippen LogP contribution is -2.29. The minimum absolute atomic E-state index is 0.0893. The molecule has 0 radical (unpaired) electrons. The number of aromatic amines is 5. The van der Waals surface area contributed by atoms with Gasteiger partial charge in [-0.25, -0.2) is 71.5 Å². The number of aryl methyl sites for hydroxylation is 9. The maximum absolute atomic E-state index is 14.2. The molecule has 35 nitrogen and oxygen atoms in total. The van der Waals surface area contributed by atoms with Crippen LogP contribution in [0.1, 0.15) is 341 Å². The van der Waals surface area contributed by atoms with Gasteiger partial charge in [0.2, 0.25) is 0 Å². The Labute approximate surface area is 820 Å². The summed E-state index contributed by atoms with van der Waals surface area (Å²) in [5.41, 5.74) is 4.82. The molecule has 2 unspecified atom stereocenters. The summed E-state index contributed by atoms with van der Waals surface area (Å²) >= 11 is 8.33. The van der Waals surface area contributed by atoms with Crippen LogP contribution in [0.4, 0.5) is 13.2 Å². The number of hydrogen-bond donors (Lipinski definition) is 5. The first-order valence-electron chi connectivity index (χ1n) is 48.3. The Morgan fingerprint density at radius 2 is 0.550 bits per heavy atom. The molecule has 8 saturated carbocycles.